The quantitative estimate of drug-likeness (QED) is 0.283. The van der Waals surface area contributed by atoms with Crippen LogP contribution in [0, 0.1) is 0 Å². The van der Waals surface area contributed by atoms with Gasteiger partial charge < -0.3 is 28.1 Å². The molecule has 194 valence electrons. The molecular formula is C25H25F3O8. The Balaban J connectivity index is 2.01. The van der Waals surface area contributed by atoms with E-state index < -0.39 is 35.0 Å². The summed E-state index contributed by atoms with van der Waals surface area (Å²) in [5, 5.41) is -0.105. The Labute approximate surface area is 204 Å². The lowest BCUT2D eigenvalue weighted by Crippen LogP contribution is -2.27. The van der Waals surface area contributed by atoms with Crippen LogP contribution in [-0.2, 0) is 20.4 Å². The van der Waals surface area contributed by atoms with Crippen LogP contribution in [0.5, 0.6) is 17.2 Å². The second kappa shape index (κ2) is 11.3. The first kappa shape index (κ1) is 26.9. The monoisotopic (exact) mass is 510 g/mol. The van der Waals surface area contributed by atoms with Gasteiger partial charge in [-0.2, -0.15) is 13.2 Å². The fourth-order valence-electron chi connectivity index (χ4n) is 3.42. The number of carbonyl (C=O) groups excluding carboxylic acids is 1. The minimum Gasteiger partial charge on any atom is -0.493 e. The van der Waals surface area contributed by atoms with Crippen molar-refractivity contribution in [2.45, 2.75) is 26.1 Å². The average Bonchev–Trinajstić information content (AvgIpc) is 2.85. The number of hydrogen-bond donors (Lipinski definition) is 0. The molecule has 0 spiro atoms. The summed E-state index contributed by atoms with van der Waals surface area (Å²) in [6.45, 7) is 3.94. The van der Waals surface area contributed by atoms with Crippen molar-refractivity contribution in [3.05, 3.63) is 52.4 Å². The Kier molecular flexibility index (Phi) is 8.46. The average molecular weight is 510 g/mol. The second-order valence-electron chi connectivity index (χ2n) is 7.49. The summed E-state index contributed by atoms with van der Waals surface area (Å²) in [5.41, 5.74) is -1.98. The molecule has 3 rings (SSSR count). The highest BCUT2D eigenvalue weighted by molar-refractivity contribution is 5.84. The molecule has 0 aliphatic heterocycles. The van der Waals surface area contributed by atoms with Crippen molar-refractivity contribution in [1.82, 2.24) is 0 Å². The predicted octanol–water partition coefficient (Wildman–Crippen LogP) is 4.84. The Morgan fingerprint density at radius 1 is 1.03 bits per heavy atom. The highest BCUT2D eigenvalue weighted by Crippen LogP contribution is 2.40. The second-order valence-corrected chi connectivity index (χ2v) is 7.49. The van der Waals surface area contributed by atoms with Crippen LogP contribution in [0.15, 0.2) is 45.6 Å². The van der Waals surface area contributed by atoms with E-state index in [0.29, 0.717) is 6.61 Å². The number of halogens is 3. The van der Waals surface area contributed by atoms with Gasteiger partial charge in [-0.15, -0.1) is 0 Å². The van der Waals surface area contributed by atoms with Crippen LogP contribution < -0.4 is 19.6 Å². The summed E-state index contributed by atoms with van der Waals surface area (Å²) in [7, 11) is 2.70. The zero-order chi connectivity index (χ0) is 26.5. The highest BCUT2D eigenvalue weighted by atomic mass is 19.4. The molecule has 36 heavy (non-hydrogen) atoms. The highest BCUT2D eigenvalue weighted by Gasteiger charge is 2.39. The molecule has 0 bridgehead atoms. The third-order valence-corrected chi connectivity index (χ3v) is 5.11. The normalized spacial score (nSPS) is 12.3. The molecule has 0 aliphatic rings. The van der Waals surface area contributed by atoms with E-state index >= 15 is 0 Å². The first-order valence-electron chi connectivity index (χ1n) is 10.9. The fraction of sp³-hybridized carbons (Fsp3) is 0.360. The minimum atomic E-state index is -4.98. The van der Waals surface area contributed by atoms with Crippen LogP contribution in [0.1, 0.15) is 19.6 Å². The van der Waals surface area contributed by atoms with Gasteiger partial charge in [-0.25, -0.2) is 4.79 Å². The maximum absolute atomic E-state index is 14.0. The van der Waals surface area contributed by atoms with Crippen molar-refractivity contribution in [3.63, 3.8) is 0 Å². The molecule has 1 heterocycles. The minimum absolute atomic E-state index is 0.0203. The van der Waals surface area contributed by atoms with Gasteiger partial charge in [-0.3, -0.25) is 4.79 Å². The zero-order valence-corrected chi connectivity index (χ0v) is 20.1. The predicted molar refractivity (Wildman–Crippen MR) is 124 cm³/mol. The van der Waals surface area contributed by atoms with Crippen LogP contribution >= 0.6 is 0 Å². The SMILES string of the molecule is CCOCCOC(=O)[C@@H](C)Oc1ccc2c(=O)c(-c3ccc(OC)c(OC)c3)c(C(F)(F)F)oc2c1. The first-order valence-corrected chi connectivity index (χ1v) is 10.9. The summed E-state index contributed by atoms with van der Waals surface area (Å²) >= 11 is 0. The number of carbonyl (C=O) groups is 1. The van der Waals surface area contributed by atoms with Gasteiger partial charge in [0.15, 0.2) is 17.6 Å². The maximum Gasteiger partial charge on any atom is 0.450 e. The molecule has 0 fully saturated rings. The third kappa shape index (κ3) is 5.91. The maximum atomic E-state index is 14.0. The van der Waals surface area contributed by atoms with Gasteiger partial charge in [0.1, 0.15) is 17.9 Å². The summed E-state index contributed by atoms with van der Waals surface area (Å²) in [6, 6.07) is 7.72. The van der Waals surface area contributed by atoms with Gasteiger partial charge in [0.2, 0.25) is 11.2 Å². The van der Waals surface area contributed by atoms with Crippen molar-refractivity contribution in [1.29, 1.82) is 0 Å². The summed E-state index contributed by atoms with van der Waals surface area (Å²) in [4.78, 5) is 25.3. The number of esters is 1. The molecule has 0 unspecified atom stereocenters. The molecular weight excluding hydrogens is 485 g/mol. The standard InChI is InChI=1S/C25H25F3O8/c1-5-33-10-11-34-24(30)14(2)35-16-7-8-17-19(13-16)36-23(25(26,27)28)21(22(17)29)15-6-9-18(31-3)20(12-15)32-4/h6-9,12-14H,5,10-11H2,1-4H3/t14-/m1/s1. The first-order chi connectivity index (χ1) is 17.1. The van der Waals surface area contributed by atoms with E-state index in [4.69, 9.17) is 28.1 Å². The number of hydrogen-bond acceptors (Lipinski definition) is 8. The van der Waals surface area contributed by atoms with Crippen molar-refractivity contribution < 1.29 is 46.1 Å². The Morgan fingerprint density at radius 2 is 1.75 bits per heavy atom. The molecule has 0 amide bonds. The van der Waals surface area contributed by atoms with Crippen LogP contribution in [-0.4, -0.2) is 46.1 Å². The fourth-order valence-corrected chi connectivity index (χ4v) is 3.42. The molecule has 11 heteroatoms. The molecule has 8 nitrogen and oxygen atoms in total. The van der Waals surface area contributed by atoms with E-state index in [0.717, 1.165) is 6.07 Å². The summed E-state index contributed by atoms with van der Waals surface area (Å²) in [6.07, 6.45) is -6.05. The Morgan fingerprint density at radius 3 is 2.39 bits per heavy atom. The Hall–Kier alpha value is -3.73. The number of benzene rings is 2. The molecule has 2 aromatic carbocycles. The van der Waals surface area contributed by atoms with Gasteiger partial charge in [-0.05, 0) is 43.7 Å². The molecule has 0 saturated carbocycles. The van der Waals surface area contributed by atoms with E-state index in [1.54, 1.807) is 6.92 Å². The molecule has 3 aromatic rings. The summed E-state index contributed by atoms with van der Waals surface area (Å²) < 4.78 is 73.0. The number of ether oxygens (including phenoxy) is 5. The third-order valence-electron chi connectivity index (χ3n) is 5.11. The number of methoxy groups -OCH3 is 2. The van der Waals surface area contributed by atoms with Gasteiger partial charge in [0.25, 0.3) is 0 Å². The lowest BCUT2D eigenvalue weighted by atomic mass is 10.0. The largest absolute Gasteiger partial charge is 0.493 e. The molecule has 1 aromatic heterocycles. The van der Waals surface area contributed by atoms with Crippen LogP contribution in [0.4, 0.5) is 13.2 Å². The van der Waals surface area contributed by atoms with E-state index in [9.17, 15) is 22.8 Å². The van der Waals surface area contributed by atoms with E-state index in [2.05, 4.69) is 0 Å². The number of rotatable bonds is 10. The van der Waals surface area contributed by atoms with E-state index in [-0.39, 0.29) is 47.0 Å². The van der Waals surface area contributed by atoms with E-state index in [1.165, 1.54) is 51.5 Å². The van der Waals surface area contributed by atoms with Crippen molar-refractivity contribution in [3.8, 4) is 28.4 Å². The van der Waals surface area contributed by atoms with Gasteiger partial charge in [-0.1, -0.05) is 6.07 Å². The lowest BCUT2D eigenvalue weighted by Gasteiger charge is -2.16. The molecule has 0 saturated heterocycles. The molecule has 0 aliphatic carbocycles. The smallest absolute Gasteiger partial charge is 0.450 e. The molecule has 1 atom stereocenters. The van der Waals surface area contributed by atoms with Crippen molar-refractivity contribution in [2.75, 3.05) is 34.0 Å². The number of fused-ring (bicyclic) bond motifs is 1. The lowest BCUT2D eigenvalue weighted by molar-refractivity contribution is -0.152. The molecule has 0 N–H and O–H groups in total. The van der Waals surface area contributed by atoms with Crippen molar-refractivity contribution in [2.24, 2.45) is 0 Å². The summed E-state index contributed by atoms with van der Waals surface area (Å²) in [5.74, 6) is -1.71. The van der Waals surface area contributed by atoms with E-state index in [1.807, 2.05) is 0 Å². The van der Waals surface area contributed by atoms with Gasteiger partial charge in [0.05, 0.1) is 31.8 Å². The van der Waals surface area contributed by atoms with Gasteiger partial charge in [0, 0.05) is 12.7 Å². The van der Waals surface area contributed by atoms with Gasteiger partial charge >= 0.3 is 12.1 Å². The van der Waals surface area contributed by atoms with Crippen LogP contribution in [0.2, 0.25) is 0 Å². The molecule has 0 radical (unpaired) electrons. The Bertz CT molecular complexity index is 1280. The van der Waals surface area contributed by atoms with Crippen LogP contribution in [0.25, 0.3) is 22.1 Å². The van der Waals surface area contributed by atoms with Crippen molar-refractivity contribution >= 4 is 16.9 Å². The van der Waals surface area contributed by atoms with Crippen LogP contribution in [0.3, 0.4) is 0 Å². The zero-order valence-electron chi connectivity index (χ0n) is 20.1. The number of alkyl halides is 3. The topological polar surface area (TPSA) is 93.4 Å².